The number of carboxylic acid groups (broad SMARTS) is 1. The highest BCUT2D eigenvalue weighted by atomic mass is 16.6. The number of fused-ring (bicyclic) bond motifs is 1. The summed E-state index contributed by atoms with van der Waals surface area (Å²) < 4.78 is 0. The minimum absolute atomic E-state index is 0.00985. The highest BCUT2D eigenvalue weighted by molar-refractivity contribution is 5.95. The quantitative estimate of drug-likeness (QED) is 0.158. The molecule has 12 heteroatoms. The van der Waals surface area contributed by atoms with E-state index in [1.807, 2.05) is 42.5 Å². The van der Waals surface area contributed by atoms with E-state index in [0.717, 1.165) is 42.0 Å². The minimum atomic E-state index is -1.16. The van der Waals surface area contributed by atoms with E-state index in [4.69, 9.17) is 5.73 Å². The van der Waals surface area contributed by atoms with Crippen LogP contribution in [0.5, 0.6) is 0 Å². The van der Waals surface area contributed by atoms with Crippen molar-refractivity contribution < 1.29 is 29.2 Å². The molecule has 0 radical (unpaired) electrons. The van der Waals surface area contributed by atoms with E-state index in [0.29, 0.717) is 30.7 Å². The van der Waals surface area contributed by atoms with E-state index in [1.165, 1.54) is 35.6 Å². The van der Waals surface area contributed by atoms with E-state index in [2.05, 4.69) is 10.6 Å². The molecule has 3 aromatic rings. The SMILES string of the molecule is N[C@@H](CC1CCCCC1)C(=O)N[C@@H](Cc1ccc([N+](=O)[O-])cc1)C(=O)N[C@@H](Cc1ccc2ccccc2c1)C(=O)N1CCC[C@H]1C(=O)O. The van der Waals surface area contributed by atoms with Crippen LogP contribution in [-0.2, 0) is 32.0 Å². The zero-order chi connectivity index (χ0) is 34.2. The fourth-order valence-electron chi connectivity index (χ4n) is 6.93. The van der Waals surface area contributed by atoms with Crippen molar-refractivity contribution in [2.24, 2.45) is 11.7 Å². The van der Waals surface area contributed by atoms with Gasteiger partial charge in [0.2, 0.25) is 17.7 Å². The first-order chi connectivity index (χ1) is 23.1. The van der Waals surface area contributed by atoms with Gasteiger partial charge in [0.15, 0.2) is 0 Å². The summed E-state index contributed by atoms with van der Waals surface area (Å²) in [5.41, 5.74) is 7.55. The zero-order valence-corrected chi connectivity index (χ0v) is 26.9. The van der Waals surface area contributed by atoms with Gasteiger partial charge in [0.1, 0.15) is 18.1 Å². The van der Waals surface area contributed by atoms with Crippen molar-refractivity contribution in [2.45, 2.75) is 88.4 Å². The van der Waals surface area contributed by atoms with Crippen LogP contribution >= 0.6 is 0 Å². The maximum absolute atomic E-state index is 14.1. The molecule has 0 bridgehead atoms. The zero-order valence-electron chi connectivity index (χ0n) is 26.9. The topological polar surface area (TPSA) is 185 Å². The molecule has 1 aliphatic heterocycles. The Morgan fingerprint density at radius 1 is 0.833 bits per heavy atom. The van der Waals surface area contributed by atoms with Crippen LogP contribution in [0.4, 0.5) is 5.69 Å². The van der Waals surface area contributed by atoms with Crippen LogP contribution in [0.25, 0.3) is 10.8 Å². The number of carbonyl (C=O) groups excluding carboxylic acids is 3. The predicted molar refractivity (Wildman–Crippen MR) is 180 cm³/mol. The van der Waals surface area contributed by atoms with Gasteiger partial charge in [-0.3, -0.25) is 24.5 Å². The molecule has 1 heterocycles. The van der Waals surface area contributed by atoms with E-state index >= 15 is 0 Å². The molecule has 1 saturated carbocycles. The van der Waals surface area contributed by atoms with E-state index in [1.54, 1.807) is 0 Å². The van der Waals surface area contributed by atoms with E-state index in [9.17, 15) is 34.4 Å². The first-order valence-electron chi connectivity index (χ1n) is 16.7. The summed E-state index contributed by atoms with van der Waals surface area (Å²) in [6, 6.07) is 15.1. The standard InChI is InChI=1S/C36H43N5O7/c37-29(20-23-7-2-1-3-8-23)33(42)38-30(21-24-13-16-28(17-14-24)41(47)48)34(43)39-31(35(44)40-18-6-11-32(40)36(45)46)22-25-12-15-26-9-4-5-10-27(26)19-25/h4-5,9-10,12-17,19,23,29-32H,1-3,6-8,11,18,20-22,37H2,(H,38,42)(H,39,43)(H,45,46)/t29-,30-,31-,32-/m0/s1. The molecule has 4 atom stereocenters. The highest BCUT2D eigenvalue weighted by Crippen LogP contribution is 2.27. The Morgan fingerprint density at radius 2 is 1.48 bits per heavy atom. The molecule has 3 amide bonds. The van der Waals surface area contributed by atoms with Gasteiger partial charge in [0.25, 0.3) is 5.69 Å². The summed E-state index contributed by atoms with van der Waals surface area (Å²) in [6.45, 7) is 0.249. The summed E-state index contributed by atoms with van der Waals surface area (Å²) >= 11 is 0. The van der Waals surface area contributed by atoms with Gasteiger partial charge >= 0.3 is 5.97 Å². The normalized spacial score (nSPS) is 18.5. The number of nitro groups is 1. The van der Waals surface area contributed by atoms with Gasteiger partial charge in [-0.15, -0.1) is 0 Å². The first kappa shape index (κ1) is 34.5. The molecule has 5 rings (SSSR count). The average Bonchev–Trinajstić information content (AvgIpc) is 3.58. The maximum atomic E-state index is 14.1. The number of aliphatic carboxylic acids is 1. The number of nitrogens with two attached hydrogens (primary N) is 1. The summed E-state index contributed by atoms with van der Waals surface area (Å²) in [5, 5.41) is 28.6. The van der Waals surface area contributed by atoms with Crippen LogP contribution in [0.2, 0.25) is 0 Å². The number of rotatable bonds is 13. The summed E-state index contributed by atoms with van der Waals surface area (Å²) in [4.78, 5) is 65.4. The monoisotopic (exact) mass is 657 g/mol. The summed E-state index contributed by atoms with van der Waals surface area (Å²) in [7, 11) is 0. The molecule has 12 nitrogen and oxygen atoms in total. The molecule has 1 saturated heterocycles. The van der Waals surface area contributed by atoms with Crippen LogP contribution in [-0.4, -0.2) is 69.3 Å². The smallest absolute Gasteiger partial charge is 0.326 e. The lowest BCUT2D eigenvalue weighted by atomic mass is 9.85. The van der Waals surface area contributed by atoms with Gasteiger partial charge < -0.3 is 26.4 Å². The van der Waals surface area contributed by atoms with Crippen LogP contribution in [0.1, 0.15) is 62.5 Å². The lowest BCUT2D eigenvalue weighted by Crippen LogP contribution is -2.58. The Kier molecular flexibility index (Phi) is 11.4. The molecule has 0 unspecified atom stereocenters. The number of hydrogen-bond donors (Lipinski definition) is 4. The van der Waals surface area contributed by atoms with Gasteiger partial charge in [-0.2, -0.15) is 0 Å². The first-order valence-corrected chi connectivity index (χ1v) is 16.7. The molecule has 2 fully saturated rings. The Morgan fingerprint density at radius 3 is 2.17 bits per heavy atom. The number of benzene rings is 3. The number of carbonyl (C=O) groups is 4. The lowest BCUT2D eigenvalue weighted by molar-refractivity contribution is -0.384. The number of amides is 3. The third-order valence-corrected chi connectivity index (χ3v) is 9.56. The van der Waals surface area contributed by atoms with Gasteiger partial charge in [0.05, 0.1) is 11.0 Å². The molecule has 0 spiro atoms. The molecule has 254 valence electrons. The number of nitrogens with zero attached hydrogens (tertiary/aromatic N) is 2. The largest absolute Gasteiger partial charge is 0.480 e. The number of nitrogens with one attached hydrogen (secondary N) is 2. The van der Waals surface area contributed by atoms with Crippen molar-refractivity contribution in [1.82, 2.24) is 15.5 Å². The van der Waals surface area contributed by atoms with Gasteiger partial charge in [-0.05, 0) is 47.1 Å². The molecule has 1 aliphatic carbocycles. The van der Waals surface area contributed by atoms with Crippen LogP contribution in [0, 0.1) is 16.0 Å². The second-order valence-electron chi connectivity index (χ2n) is 13.0. The van der Waals surface area contributed by atoms with Gasteiger partial charge in [0, 0.05) is 31.5 Å². The van der Waals surface area contributed by atoms with Crippen LogP contribution < -0.4 is 16.4 Å². The van der Waals surface area contributed by atoms with Crippen molar-refractivity contribution in [1.29, 1.82) is 0 Å². The fourth-order valence-corrected chi connectivity index (χ4v) is 6.93. The van der Waals surface area contributed by atoms with Crippen LogP contribution in [0.15, 0.2) is 66.7 Å². The molecule has 5 N–H and O–H groups in total. The van der Waals surface area contributed by atoms with Crippen molar-refractivity contribution >= 4 is 40.2 Å². The summed E-state index contributed by atoms with van der Waals surface area (Å²) in [5.74, 6) is -2.43. The number of likely N-dealkylation sites (tertiary alicyclic amines) is 1. The number of hydrogen-bond acceptors (Lipinski definition) is 7. The third-order valence-electron chi connectivity index (χ3n) is 9.56. The average molecular weight is 658 g/mol. The molecule has 48 heavy (non-hydrogen) atoms. The van der Waals surface area contributed by atoms with Crippen molar-refractivity contribution in [3.8, 4) is 0 Å². The van der Waals surface area contributed by atoms with Crippen molar-refractivity contribution in [3.63, 3.8) is 0 Å². The second kappa shape index (κ2) is 15.8. The fraction of sp³-hybridized carbons (Fsp3) is 0.444. The molecular formula is C36H43N5O7. The predicted octanol–water partition coefficient (Wildman–Crippen LogP) is 3.88. The van der Waals surface area contributed by atoms with Crippen molar-refractivity contribution in [3.05, 3.63) is 88.0 Å². The second-order valence-corrected chi connectivity index (χ2v) is 13.0. The molecular weight excluding hydrogens is 614 g/mol. The molecule has 3 aromatic carbocycles. The van der Waals surface area contributed by atoms with E-state index < -0.39 is 52.8 Å². The Hall–Kier alpha value is -4.84. The van der Waals surface area contributed by atoms with Gasteiger partial charge in [-0.25, -0.2) is 4.79 Å². The third kappa shape index (κ3) is 8.74. The number of nitro benzene ring substituents is 1. The molecule has 0 aromatic heterocycles. The molecule has 2 aliphatic rings. The number of non-ortho nitro benzene ring substituents is 1. The highest BCUT2D eigenvalue weighted by Gasteiger charge is 2.38. The lowest BCUT2D eigenvalue weighted by Gasteiger charge is -2.29. The summed E-state index contributed by atoms with van der Waals surface area (Å²) in [6.07, 6.45) is 6.77. The van der Waals surface area contributed by atoms with Crippen LogP contribution in [0.3, 0.4) is 0 Å². The Bertz CT molecular complexity index is 1640. The Labute approximate surface area is 279 Å². The maximum Gasteiger partial charge on any atom is 0.326 e. The minimum Gasteiger partial charge on any atom is -0.480 e. The van der Waals surface area contributed by atoms with Crippen molar-refractivity contribution in [2.75, 3.05) is 6.54 Å². The number of carboxylic acids is 1. The van der Waals surface area contributed by atoms with Gasteiger partial charge in [-0.1, -0.05) is 86.7 Å². The van der Waals surface area contributed by atoms with E-state index in [-0.39, 0.29) is 25.1 Å². The Balaban J connectivity index is 1.40.